The SMILES string of the molecule is CC(C)CC(=O)N1CCCC(CCN)C1.Cl. The second-order valence-corrected chi connectivity index (χ2v) is 5.02. The normalized spacial score (nSPS) is 20.8. The smallest absolute Gasteiger partial charge is 0.222 e. The van der Waals surface area contributed by atoms with Crippen LogP contribution in [-0.2, 0) is 4.79 Å². The number of rotatable bonds is 4. The molecular formula is C12H25ClN2O. The van der Waals surface area contributed by atoms with Gasteiger partial charge < -0.3 is 10.6 Å². The largest absolute Gasteiger partial charge is 0.342 e. The quantitative estimate of drug-likeness (QED) is 0.828. The maximum atomic E-state index is 11.9. The number of amides is 1. The summed E-state index contributed by atoms with van der Waals surface area (Å²) in [4.78, 5) is 13.9. The van der Waals surface area contributed by atoms with Gasteiger partial charge in [0.15, 0.2) is 0 Å². The standard InChI is InChI=1S/C12H24N2O.ClH/c1-10(2)8-12(15)14-7-3-4-11(9-14)5-6-13;/h10-11H,3-9,13H2,1-2H3;1H. The predicted octanol–water partition coefficient (Wildman–Crippen LogP) is 2.04. The zero-order chi connectivity index (χ0) is 11.3. The molecule has 2 N–H and O–H groups in total. The Morgan fingerprint density at radius 1 is 1.50 bits per heavy atom. The zero-order valence-electron chi connectivity index (χ0n) is 10.4. The number of piperidine rings is 1. The van der Waals surface area contributed by atoms with E-state index in [2.05, 4.69) is 13.8 Å². The van der Waals surface area contributed by atoms with Gasteiger partial charge in [-0.25, -0.2) is 0 Å². The molecule has 1 unspecified atom stereocenters. The summed E-state index contributed by atoms with van der Waals surface area (Å²) < 4.78 is 0. The Bertz CT molecular complexity index is 207. The fourth-order valence-corrected chi connectivity index (χ4v) is 2.24. The Morgan fingerprint density at radius 2 is 2.19 bits per heavy atom. The number of carbonyl (C=O) groups is 1. The highest BCUT2D eigenvalue weighted by Crippen LogP contribution is 2.20. The molecule has 3 nitrogen and oxygen atoms in total. The zero-order valence-corrected chi connectivity index (χ0v) is 11.3. The van der Waals surface area contributed by atoms with Gasteiger partial charge in [0.05, 0.1) is 0 Å². The van der Waals surface area contributed by atoms with Crippen molar-refractivity contribution in [3.8, 4) is 0 Å². The van der Waals surface area contributed by atoms with E-state index in [1.807, 2.05) is 4.90 Å². The molecule has 1 rings (SSSR count). The van der Waals surface area contributed by atoms with Gasteiger partial charge in [0, 0.05) is 19.5 Å². The van der Waals surface area contributed by atoms with Gasteiger partial charge in [-0.1, -0.05) is 13.8 Å². The van der Waals surface area contributed by atoms with Crippen molar-refractivity contribution in [3.63, 3.8) is 0 Å². The van der Waals surface area contributed by atoms with Gasteiger partial charge in [-0.05, 0) is 37.6 Å². The molecule has 0 radical (unpaired) electrons. The summed E-state index contributed by atoms with van der Waals surface area (Å²) in [5.74, 6) is 1.43. The van der Waals surface area contributed by atoms with E-state index < -0.39 is 0 Å². The van der Waals surface area contributed by atoms with Crippen LogP contribution in [0.4, 0.5) is 0 Å². The van der Waals surface area contributed by atoms with Gasteiger partial charge >= 0.3 is 0 Å². The monoisotopic (exact) mass is 248 g/mol. The number of hydrogen-bond acceptors (Lipinski definition) is 2. The second-order valence-electron chi connectivity index (χ2n) is 5.02. The Hall–Kier alpha value is -0.280. The van der Waals surface area contributed by atoms with Crippen LogP contribution in [0.1, 0.15) is 39.5 Å². The van der Waals surface area contributed by atoms with Crippen LogP contribution in [0.25, 0.3) is 0 Å². The molecule has 1 amide bonds. The van der Waals surface area contributed by atoms with Gasteiger partial charge in [-0.15, -0.1) is 12.4 Å². The molecule has 0 aromatic heterocycles. The third-order valence-corrected chi connectivity index (χ3v) is 3.03. The number of carbonyl (C=O) groups excluding carboxylic acids is 1. The molecular weight excluding hydrogens is 224 g/mol. The topological polar surface area (TPSA) is 46.3 Å². The predicted molar refractivity (Wildman–Crippen MR) is 69.7 cm³/mol. The molecule has 16 heavy (non-hydrogen) atoms. The molecule has 0 spiro atoms. The lowest BCUT2D eigenvalue weighted by atomic mass is 9.94. The minimum absolute atomic E-state index is 0. The van der Waals surface area contributed by atoms with E-state index >= 15 is 0 Å². The van der Waals surface area contributed by atoms with Gasteiger partial charge in [0.25, 0.3) is 0 Å². The van der Waals surface area contributed by atoms with Crippen LogP contribution in [0, 0.1) is 11.8 Å². The lowest BCUT2D eigenvalue weighted by Gasteiger charge is -2.33. The maximum absolute atomic E-state index is 11.9. The van der Waals surface area contributed by atoms with E-state index in [4.69, 9.17) is 5.73 Å². The van der Waals surface area contributed by atoms with Crippen molar-refractivity contribution >= 4 is 18.3 Å². The van der Waals surface area contributed by atoms with E-state index in [-0.39, 0.29) is 12.4 Å². The first-order valence-electron chi connectivity index (χ1n) is 6.11. The highest BCUT2D eigenvalue weighted by molar-refractivity contribution is 5.85. The molecule has 0 bridgehead atoms. The summed E-state index contributed by atoms with van der Waals surface area (Å²) in [6.45, 7) is 6.82. The van der Waals surface area contributed by atoms with Gasteiger partial charge in [0.1, 0.15) is 0 Å². The first-order chi connectivity index (χ1) is 7.13. The molecule has 0 aliphatic carbocycles. The molecule has 1 aliphatic heterocycles. The Kier molecular flexibility index (Phi) is 7.77. The fraction of sp³-hybridized carbons (Fsp3) is 0.917. The van der Waals surface area contributed by atoms with Crippen molar-refractivity contribution in [1.29, 1.82) is 0 Å². The lowest BCUT2D eigenvalue weighted by molar-refractivity contribution is -0.133. The molecule has 96 valence electrons. The summed E-state index contributed by atoms with van der Waals surface area (Å²) >= 11 is 0. The molecule has 1 atom stereocenters. The Morgan fingerprint density at radius 3 is 2.75 bits per heavy atom. The summed E-state index contributed by atoms with van der Waals surface area (Å²) in [5, 5.41) is 0. The molecule has 0 saturated carbocycles. The van der Waals surface area contributed by atoms with Crippen LogP contribution in [0.2, 0.25) is 0 Å². The second kappa shape index (κ2) is 7.91. The van der Waals surface area contributed by atoms with Crippen molar-refractivity contribution in [1.82, 2.24) is 4.90 Å². The molecule has 0 aromatic rings. The third-order valence-electron chi connectivity index (χ3n) is 3.03. The van der Waals surface area contributed by atoms with Crippen LogP contribution in [0.5, 0.6) is 0 Å². The first kappa shape index (κ1) is 15.7. The Labute approximate surface area is 105 Å². The third kappa shape index (κ3) is 5.17. The molecule has 1 heterocycles. The van der Waals surface area contributed by atoms with Crippen molar-refractivity contribution in [2.45, 2.75) is 39.5 Å². The first-order valence-corrected chi connectivity index (χ1v) is 6.11. The number of halogens is 1. The molecule has 4 heteroatoms. The minimum atomic E-state index is 0. The van der Waals surface area contributed by atoms with Crippen LogP contribution in [-0.4, -0.2) is 30.4 Å². The van der Waals surface area contributed by atoms with Crippen molar-refractivity contribution < 1.29 is 4.79 Å². The van der Waals surface area contributed by atoms with Crippen molar-refractivity contribution in [2.24, 2.45) is 17.6 Å². The van der Waals surface area contributed by atoms with Crippen molar-refractivity contribution in [2.75, 3.05) is 19.6 Å². The van der Waals surface area contributed by atoms with E-state index in [1.54, 1.807) is 0 Å². The Balaban J connectivity index is 0.00000225. The van der Waals surface area contributed by atoms with E-state index in [0.717, 1.165) is 32.5 Å². The lowest BCUT2D eigenvalue weighted by Crippen LogP contribution is -2.40. The summed E-state index contributed by atoms with van der Waals surface area (Å²) in [7, 11) is 0. The van der Waals surface area contributed by atoms with E-state index in [1.165, 1.54) is 6.42 Å². The van der Waals surface area contributed by atoms with Crippen LogP contribution in [0.15, 0.2) is 0 Å². The number of hydrogen-bond donors (Lipinski definition) is 1. The minimum Gasteiger partial charge on any atom is -0.342 e. The highest BCUT2D eigenvalue weighted by atomic mass is 35.5. The summed E-state index contributed by atoms with van der Waals surface area (Å²) in [6.07, 6.45) is 4.14. The van der Waals surface area contributed by atoms with Crippen molar-refractivity contribution in [3.05, 3.63) is 0 Å². The number of nitrogens with two attached hydrogens (primary N) is 1. The van der Waals surface area contributed by atoms with Crippen LogP contribution >= 0.6 is 12.4 Å². The van der Waals surface area contributed by atoms with Crippen LogP contribution in [0.3, 0.4) is 0 Å². The average molecular weight is 249 g/mol. The molecule has 0 aromatic carbocycles. The average Bonchev–Trinajstić information content (AvgIpc) is 2.17. The van der Waals surface area contributed by atoms with E-state index in [9.17, 15) is 4.79 Å². The summed E-state index contributed by atoms with van der Waals surface area (Å²) in [5.41, 5.74) is 5.56. The molecule has 1 saturated heterocycles. The number of nitrogens with zero attached hydrogens (tertiary/aromatic N) is 1. The summed E-state index contributed by atoms with van der Waals surface area (Å²) in [6, 6.07) is 0. The molecule has 1 fully saturated rings. The van der Waals surface area contributed by atoms with Crippen LogP contribution < -0.4 is 5.73 Å². The fourth-order valence-electron chi connectivity index (χ4n) is 2.24. The van der Waals surface area contributed by atoms with Gasteiger partial charge in [0.2, 0.25) is 5.91 Å². The van der Waals surface area contributed by atoms with Gasteiger partial charge in [-0.2, -0.15) is 0 Å². The highest BCUT2D eigenvalue weighted by Gasteiger charge is 2.23. The maximum Gasteiger partial charge on any atom is 0.222 e. The molecule has 1 aliphatic rings. The van der Waals surface area contributed by atoms with E-state index in [0.29, 0.717) is 24.2 Å². The number of likely N-dealkylation sites (tertiary alicyclic amines) is 1. The van der Waals surface area contributed by atoms with Gasteiger partial charge in [-0.3, -0.25) is 4.79 Å².